The highest BCUT2D eigenvalue weighted by Gasteiger charge is 2.30. The number of carbonyl (C=O) groups is 2. The fourth-order valence-corrected chi connectivity index (χ4v) is 5.91. The minimum Gasteiger partial charge on any atom is -0.346 e. The lowest BCUT2D eigenvalue weighted by atomic mass is 10.0. The summed E-state index contributed by atoms with van der Waals surface area (Å²) in [7, 11) is 0. The topological polar surface area (TPSA) is 79.6 Å². The first kappa shape index (κ1) is 21.7. The predicted octanol–water partition coefficient (Wildman–Crippen LogP) is 4.31. The van der Waals surface area contributed by atoms with Crippen molar-refractivity contribution < 1.29 is 14.0 Å². The van der Waals surface area contributed by atoms with Crippen molar-refractivity contribution in [1.29, 1.82) is 0 Å². The summed E-state index contributed by atoms with van der Waals surface area (Å²) in [6.07, 6.45) is 3.39. The lowest BCUT2D eigenvalue weighted by Gasteiger charge is -2.33. The number of imidazole rings is 1. The fraction of sp³-hybridized carbons (Fsp3) is 0.304. The molecule has 170 valence electrons. The Balaban J connectivity index is 1.34. The van der Waals surface area contributed by atoms with E-state index < -0.39 is 0 Å². The Labute approximate surface area is 197 Å². The maximum absolute atomic E-state index is 13.8. The Bertz CT molecular complexity index is 1360. The van der Waals surface area contributed by atoms with E-state index in [1.807, 2.05) is 25.4 Å². The molecule has 4 heterocycles. The van der Waals surface area contributed by atoms with E-state index in [2.05, 4.69) is 15.3 Å². The van der Waals surface area contributed by atoms with E-state index in [0.29, 0.717) is 40.6 Å². The largest absolute Gasteiger partial charge is 0.346 e. The number of halogens is 1. The van der Waals surface area contributed by atoms with Gasteiger partial charge in [-0.25, -0.2) is 14.4 Å². The summed E-state index contributed by atoms with van der Waals surface area (Å²) < 4.78 is 15.6. The van der Waals surface area contributed by atoms with Gasteiger partial charge in [0.25, 0.3) is 11.8 Å². The molecule has 0 saturated carbocycles. The molecule has 33 heavy (non-hydrogen) atoms. The molecule has 0 spiro atoms. The molecule has 0 aliphatic carbocycles. The maximum Gasteiger partial charge on any atom is 0.274 e. The molecule has 4 aromatic rings. The minimum atomic E-state index is -0.354. The van der Waals surface area contributed by atoms with E-state index >= 15 is 0 Å². The van der Waals surface area contributed by atoms with E-state index in [0.717, 1.165) is 22.8 Å². The number of hydrogen-bond acceptors (Lipinski definition) is 6. The number of likely N-dealkylation sites (tertiary alicyclic amines) is 1. The van der Waals surface area contributed by atoms with Crippen LogP contribution in [0.5, 0.6) is 0 Å². The van der Waals surface area contributed by atoms with Crippen LogP contribution in [0.25, 0.3) is 15.4 Å². The monoisotopic (exact) mass is 483 g/mol. The number of aryl methyl sites for hydroxylation is 2. The Hall–Kier alpha value is -3.11. The van der Waals surface area contributed by atoms with E-state index in [1.165, 1.54) is 34.8 Å². The lowest BCUT2D eigenvalue weighted by Crippen LogP contribution is -2.50. The van der Waals surface area contributed by atoms with Crippen molar-refractivity contribution in [2.45, 2.75) is 32.7 Å². The summed E-state index contributed by atoms with van der Waals surface area (Å²) in [5.74, 6) is -0.742. The predicted molar refractivity (Wildman–Crippen MR) is 126 cm³/mol. The SMILES string of the molecule is Cc1nc(C(=O)N2CCC[C@@H](NC(=O)c3c(C)nc4sccn34)C2)c(-c2cccc(F)c2)s1. The number of nitrogens with one attached hydrogen (secondary N) is 1. The number of amides is 2. The second-order valence-electron chi connectivity index (χ2n) is 8.09. The van der Waals surface area contributed by atoms with E-state index in [4.69, 9.17) is 0 Å². The molecule has 1 atom stereocenters. The van der Waals surface area contributed by atoms with Gasteiger partial charge < -0.3 is 10.2 Å². The molecule has 7 nitrogen and oxygen atoms in total. The number of fused-ring (bicyclic) bond motifs is 1. The molecule has 0 radical (unpaired) electrons. The van der Waals surface area contributed by atoms with Crippen molar-refractivity contribution in [3.05, 3.63) is 63.7 Å². The van der Waals surface area contributed by atoms with Gasteiger partial charge in [0.05, 0.1) is 15.6 Å². The third kappa shape index (κ3) is 4.16. The first-order valence-corrected chi connectivity index (χ1v) is 12.4. The van der Waals surface area contributed by atoms with Crippen LogP contribution in [0.4, 0.5) is 4.39 Å². The minimum absolute atomic E-state index is 0.170. The Morgan fingerprint density at radius 2 is 2.09 bits per heavy atom. The zero-order chi connectivity index (χ0) is 23.1. The highest BCUT2D eigenvalue weighted by atomic mass is 32.1. The number of thiazole rings is 2. The molecular formula is C23H22FN5O2S2. The molecule has 1 N–H and O–H groups in total. The van der Waals surface area contributed by atoms with Gasteiger partial charge in [0.2, 0.25) is 0 Å². The van der Waals surface area contributed by atoms with Crippen molar-refractivity contribution in [2.75, 3.05) is 13.1 Å². The van der Waals surface area contributed by atoms with Gasteiger partial charge >= 0.3 is 0 Å². The smallest absolute Gasteiger partial charge is 0.274 e. The van der Waals surface area contributed by atoms with Gasteiger partial charge in [-0.1, -0.05) is 12.1 Å². The van der Waals surface area contributed by atoms with Crippen molar-refractivity contribution in [2.24, 2.45) is 0 Å². The zero-order valence-electron chi connectivity index (χ0n) is 18.2. The van der Waals surface area contributed by atoms with Crippen LogP contribution < -0.4 is 5.32 Å². The summed E-state index contributed by atoms with van der Waals surface area (Å²) in [5, 5.41) is 5.72. The molecule has 3 aromatic heterocycles. The van der Waals surface area contributed by atoms with E-state index in [9.17, 15) is 14.0 Å². The second kappa shape index (κ2) is 8.68. The number of hydrogen-bond donors (Lipinski definition) is 1. The van der Waals surface area contributed by atoms with E-state index in [-0.39, 0.29) is 23.7 Å². The van der Waals surface area contributed by atoms with Crippen LogP contribution in [0.3, 0.4) is 0 Å². The molecule has 0 bridgehead atoms. The molecule has 1 aromatic carbocycles. The highest BCUT2D eigenvalue weighted by molar-refractivity contribution is 7.15. The van der Waals surface area contributed by atoms with Crippen molar-refractivity contribution in [3.8, 4) is 10.4 Å². The van der Waals surface area contributed by atoms with Crippen LogP contribution >= 0.6 is 22.7 Å². The lowest BCUT2D eigenvalue weighted by molar-refractivity contribution is 0.0671. The molecular weight excluding hydrogens is 461 g/mol. The normalized spacial score (nSPS) is 16.3. The van der Waals surface area contributed by atoms with Crippen LogP contribution in [-0.2, 0) is 0 Å². The number of carbonyl (C=O) groups excluding carboxylic acids is 2. The van der Waals surface area contributed by atoms with Crippen molar-refractivity contribution in [1.82, 2.24) is 24.6 Å². The average molecular weight is 484 g/mol. The molecule has 0 unspecified atom stereocenters. The summed E-state index contributed by atoms with van der Waals surface area (Å²) in [6.45, 7) is 4.64. The first-order chi connectivity index (χ1) is 15.9. The zero-order valence-corrected chi connectivity index (χ0v) is 19.8. The van der Waals surface area contributed by atoms with Gasteiger partial charge in [-0.05, 0) is 44.4 Å². The summed E-state index contributed by atoms with van der Waals surface area (Å²) >= 11 is 2.86. The third-order valence-corrected chi connectivity index (χ3v) is 7.50. The first-order valence-electron chi connectivity index (χ1n) is 10.7. The molecule has 2 amide bonds. The summed E-state index contributed by atoms with van der Waals surface area (Å²) in [4.78, 5) is 38.5. The van der Waals surface area contributed by atoms with E-state index in [1.54, 1.807) is 21.4 Å². The number of piperidine rings is 1. The van der Waals surface area contributed by atoms with Gasteiger partial charge in [-0.3, -0.25) is 14.0 Å². The van der Waals surface area contributed by atoms with Crippen LogP contribution in [0.2, 0.25) is 0 Å². The van der Waals surface area contributed by atoms with Gasteiger partial charge in [-0.2, -0.15) is 0 Å². The van der Waals surface area contributed by atoms with Gasteiger partial charge in [0, 0.05) is 30.7 Å². The Kier molecular flexibility index (Phi) is 5.71. The quantitative estimate of drug-likeness (QED) is 0.469. The fourth-order valence-electron chi connectivity index (χ4n) is 4.25. The van der Waals surface area contributed by atoms with Crippen LogP contribution in [-0.4, -0.2) is 50.2 Å². The molecule has 1 fully saturated rings. The molecule has 1 saturated heterocycles. The second-order valence-corrected chi connectivity index (χ2v) is 10.2. The number of nitrogens with zero attached hydrogens (tertiary/aromatic N) is 4. The number of rotatable bonds is 4. The molecule has 5 rings (SSSR count). The summed E-state index contributed by atoms with van der Waals surface area (Å²) in [6, 6.07) is 6.04. The van der Waals surface area contributed by atoms with Crippen LogP contribution in [0.1, 0.15) is 44.5 Å². The average Bonchev–Trinajstić information content (AvgIpc) is 3.47. The van der Waals surface area contributed by atoms with Gasteiger partial charge in [-0.15, -0.1) is 22.7 Å². The third-order valence-electron chi connectivity index (χ3n) is 5.72. The molecule has 1 aliphatic rings. The maximum atomic E-state index is 13.8. The van der Waals surface area contributed by atoms with Crippen LogP contribution in [0.15, 0.2) is 35.8 Å². The standard InChI is InChI=1S/C23H22FN5O2S2/c1-13-19(29-9-10-32-23(29)25-13)21(30)27-17-7-4-8-28(12-17)22(31)18-20(33-14(2)26-18)15-5-3-6-16(24)11-15/h3,5-6,9-11,17H,4,7-8,12H2,1-2H3,(H,27,30)/t17-/m1/s1. The molecule has 10 heteroatoms. The number of benzene rings is 1. The van der Waals surface area contributed by atoms with Gasteiger partial charge in [0.15, 0.2) is 4.96 Å². The Morgan fingerprint density at radius 3 is 2.91 bits per heavy atom. The molecule has 1 aliphatic heterocycles. The van der Waals surface area contributed by atoms with Crippen molar-refractivity contribution >= 4 is 39.4 Å². The van der Waals surface area contributed by atoms with Crippen molar-refractivity contribution in [3.63, 3.8) is 0 Å². The number of aromatic nitrogens is 3. The Morgan fingerprint density at radius 1 is 1.24 bits per heavy atom. The van der Waals surface area contributed by atoms with Gasteiger partial charge in [0.1, 0.15) is 17.2 Å². The van der Waals surface area contributed by atoms with Crippen LogP contribution in [0, 0.1) is 19.7 Å². The summed E-state index contributed by atoms with van der Waals surface area (Å²) in [5.41, 5.74) is 2.18. The highest BCUT2D eigenvalue weighted by Crippen LogP contribution is 2.32.